The maximum Gasteiger partial charge on any atom is 0.146 e. The molecule has 4 heteroatoms. The number of piperidine rings is 1. The number of nitrogens with zero attached hydrogens (tertiary/aromatic N) is 1. The van der Waals surface area contributed by atoms with Crippen molar-refractivity contribution in [2.24, 2.45) is 11.7 Å². The van der Waals surface area contributed by atoms with Gasteiger partial charge in [0.25, 0.3) is 0 Å². The summed E-state index contributed by atoms with van der Waals surface area (Å²) in [4.78, 5) is 2.02. The van der Waals surface area contributed by atoms with Crippen LogP contribution in [0.3, 0.4) is 0 Å². The molecular weight excluding hydrogens is 231 g/mol. The zero-order valence-electron chi connectivity index (χ0n) is 10.8. The van der Waals surface area contributed by atoms with E-state index in [0.29, 0.717) is 5.69 Å². The van der Waals surface area contributed by atoms with Crippen LogP contribution in [0.1, 0.15) is 31.4 Å². The van der Waals surface area contributed by atoms with Crippen molar-refractivity contribution in [1.29, 1.82) is 0 Å². The Morgan fingerprint density at radius 1 is 1.56 bits per heavy atom. The van der Waals surface area contributed by atoms with Gasteiger partial charge < -0.3 is 15.7 Å². The second-order valence-electron chi connectivity index (χ2n) is 5.14. The molecule has 1 heterocycles. The zero-order valence-corrected chi connectivity index (χ0v) is 10.8. The molecule has 100 valence electrons. The summed E-state index contributed by atoms with van der Waals surface area (Å²) in [6.07, 6.45) is 2.02. The van der Waals surface area contributed by atoms with Crippen LogP contribution in [-0.2, 0) is 0 Å². The smallest absolute Gasteiger partial charge is 0.146 e. The van der Waals surface area contributed by atoms with Crippen molar-refractivity contribution in [2.45, 2.75) is 25.8 Å². The van der Waals surface area contributed by atoms with Crippen LogP contribution in [0.4, 0.5) is 10.1 Å². The highest BCUT2D eigenvalue weighted by Crippen LogP contribution is 2.27. The van der Waals surface area contributed by atoms with E-state index in [-0.39, 0.29) is 24.4 Å². The Hall–Kier alpha value is -1.13. The third-order valence-electron chi connectivity index (χ3n) is 3.62. The lowest BCUT2D eigenvalue weighted by Gasteiger charge is -2.34. The summed E-state index contributed by atoms with van der Waals surface area (Å²) in [5, 5.41) is 9.20. The molecule has 0 saturated carbocycles. The standard InChI is InChI=1S/C14H21FN2O/c1-10(16)12-4-5-14(13(15)7-12)17-6-2-3-11(8-17)9-18/h4-5,7,10-11,18H,2-3,6,8-9,16H2,1H3/t10-,11?/m0/s1. The van der Waals surface area contributed by atoms with E-state index >= 15 is 0 Å². The Morgan fingerprint density at radius 2 is 2.33 bits per heavy atom. The molecule has 1 aromatic carbocycles. The highest BCUT2D eigenvalue weighted by Gasteiger charge is 2.21. The van der Waals surface area contributed by atoms with Gasteiger partial charge in [0.2, 0.25) is 0 Å². The lowest BCUT2D eigenvalue weighted by molar-refractivity contribution is 0.208. The number of rotatable bonds is 3. The largest absolute Gasteiger partial charge is 0.396 e. The van der Waals surface area contributed by atoms with Gasteiger partial charge in [-0.15, -0.1) is 0 Å². The molecule has 0 radical (unpaired) electrons. The van der Waals surface area contributed by atoms with Gasteiger partial charge in [0.1, 0.15) is 5.82 Å². The van der Waals surface area contributed by atoms with Crippen LogP contribution in [0.2, 0.25) is 0 Å². The van der Waals surface area contributed by atoms with Crippen LogP contribution in [0, 0.1) is 11.7 Å². The molecule has 0 aromatic heterocycles. The molecule has 1 fully saturated rings. The van der Waals surface area contributed by atoms with Gasteiger partial charge in [-0.3, -0.25) is 0 Å². The normalized spacial score (nSPS) is 22.0. The van der Waals surface area contributed by atoms with Gasteiger partial charge in [-0.25, -0.2) is 4.39 Å². The summed E-state index contributed by atoms with van der Waals surface area (Å²) < 4.78 is 14.1. The molecule has 0 aliphatic carbocycles. The van der Waals surface area contributed by atoms with Gasteiger partial charge in [-0.05, 0) is 43.4 Å². The maximum atomic E-state index is 14.1. The van der Waals surface area contributed by atoms with Crippen LogP contribution in [0.15, 0.2) is 18.2 Å². The molecule has 3 nitrogen and oxygen atoms in total. The summed E-state index contributed by atoms with van der Waals surface area (Å²) in [5.41, 5.74) is 7.18. The molecule has 18 heavy (non-hydrogen) atoms. The van der Waals surface area contributed by atoms with Gasteiger partial charge >= 0.3 is 0 Å². The van der Waals surface area contributed by atoms with E-state index in [1.165, 1.54) is 6.07 Å². The minimum Gasteiger partial charge on any atom is -0.396 e. The second kappa shape index (κ2) is 5.67. The van der Waals surface area contributed by atoms with Crippen molar-refractivity contribution in [2.75, 3.05) is 24.6 Å². The predicted octanol–water partition coefficient (Wildman–Crippen LogP) is 2.05. The maximum absolute atomic E-state index is 14.1. The number of nitrogens with two attached hydrogens (primary N) is 1. The van der Waals surface area contributed by atoms with Crippen LogP contribution in [-0.4, -0.2) is 24.8 Å². The van der Waals surface area contributed by atoms with Crippen molar-refractivity contribution in [3.63, 3.8) is 0 Å². The molecule has 1 aliphatic heterocycles. The first-order valence-corrected chi connectivity index (χ1v) is 6.52. The topological polar surface area (TPSA) is 49.5 Å². The summed E-state index contributed by atoms with van der Waals surface area (Å²) >= 11 is 0. The summed E-state index contributed by atoms with van der Waals surface area (Å²) in [6, 6.07) is 5.04. The van der Waals surface area contributed by atoms with Crippen molar-refractivity contribution in [1.82, 2.24) is 0 Å². The number of hydrogen-bond donors (Lipinski definition) is 2. The number of aliphatic hydroxyl groups excluding tert-OH is 1. The number of anilines is 1. The van der Waals surface area contributed by atoms with E-state index in [4.69, 9.17) is 5.73 Å². The Kier molecular flexibility index (Phi) is 4.19. The fraction of sp³-hybridized carbons (Fsp3) is 0.571. The van der Waals surface area contributed by atoms with Gasteiger partial charge in [0, 0.05) is 25.7 Å². The van der Waals surface area contributed by atoms with Crippen molar-refractivity contribution < 1.29 is 9.50 Å². The lowest BCUT2D eigenvalue weighted by Crippen LogP contribution is -2.37. The van der Waals surface area contributed by atoms with E-state index < -0.39 is 0 Å². The molecular formula is C14H21FN2O. The minimum absolute atomic E-state index is 0.153. The summed E-state index contributed by atoms with van der Waals surface area (Å²) in [7, 11) is 0. The minimum atomic E-state index is -0.219. The second-order valence-corrected chi connectivity index (χ2v) is 5.14. The molecule has 3 N–H and O–H groups in total. The fourth-order valence-corrected chi connectivity index (χ4v) is 2.50. The van der Waals surface area contributed by atoms with Crippen LogP contribution in [0.25, 0.3) is 0 Å². The zero-order chi connectivity index (χ0) is 13.1. The number of aliphatic hydroxyl groups is 1. The first-order chi connectivity index (χ1) is 8.61. The van der Waals surface area contributed by atoms with E-state index in [2.05, 4.69) is 0 Å². The van der Waals surface area contributed by atoms with Gasteiger partial charge in [0.15, 0.2) is 0 Å². The average Bonchev–Trinajstić information content (AvgIpc) is 2.38. The average molecular weight is 252 g/mol. The van der Waals surface area contributed by atoms with Crippen LogP contribution < -0.4 is 10.6 Å². The molecule has 0 bridgehead atoms. The van der Waals surface area contributed by atoms with Crippen molar-refractivity contribution in [3.8, 4) is 0 Å². The summed E-state index contributed by atoms with van der Waals surface area (Å²) in [5.74, 6) is 0.0367. The lowest BCUT2D eigenvalue weighted by atomic mass is 9.98. The highest BCUT2D eigenvalue weighted by molar-refractivity contribution is 5.50. The van der Waals surface area contributed by atoms with Crippen LogP contribution in [0.5, 0.6) is 0 Å². The van der Waals surface area contributed by atoms with Gasteiger partial charge in [-0.1, -0.05) is 6.07 Å². The monoisotopic (exact) mass is 252 g/mol. The molecule has 1 unspecified atom stereocenters. The van der Waals surface area contributed by atoms with Gasteiger partial charge in [0.05, 0.1) is 5.69 Å². The highest BCUT2D eigenvalue weighted by atomic mass is 19.1. The van der Waals surface area contributed by atoms with Gasteiger partial charge in [-0.2, -0.15) is 0 Å². The quantitative estimate of drug-likeness (QED) is 0.865. The Labute approximate surface area is 107 Å². The van der Waals surface area contributed by atoms with E-state index in [1.807, 2.05) is 17.9 Å². The van der Waals surface area contributed by atoms with E-state index in [0.717, 1.165) is 31.5 Å². The number of halogens is 1. The van der Waals surface area contributed by atoms with Crippen molar-refractivity contribution >= 4 is 5.69 Å². The predicted molar refractivity (Wildman–Crippen MR) is 71.0 cm³/mol. The molecule has 1 saturated heterocycles. The molecule has 1 aromatic rings. The fourth-order valence-electron chi connectivity index (χ4n) is 2.50. The molecule has 2 rings (SSSR count). The third-order valence-corrected chi connectivity index (χ3v) is 3.62. The molecule has 2 atom stereocenters. The number of benzene rings is 1. The molecule has 0 spiro atoms. The number of hydrogen-bond acceptors (Lipinski definition) is 3. The molecule has 1 aliphatic rings. The summed E-state index contributed by atoms with van der Waals surface area (Å²) in [6.45, 7) is 3.60. The molecule has 0 amide bonds. The van der Waals surface area contributed by atoms with Crippen LogP contribution >= 0.6 is 0 Å². The van der Waals surface area contributed by atoms with E-state index in [1.54, 1.807) is 6.07 Å². The first kappa shape index (κ1) is 13.3. The Morgan fingerprint density at radius 3 is 2.94 bits per heavy atom. The first-order valence-electron chi connectivity index (χ1n) is 6.52. The Bertz CT molecular complexity index is 409. The van der Waals surface area contributed by atoms with Crippen molar-refractivity contribution in [3.05, 3.63) is 29.6 Å². The third kappa shape index (κ3) is 2.82. The SMILES string of the molecule is C[C@H](N)c1ccc(N2CCCC(CO)C2)c(F)c1. The van der Waals surface area contributed by atoms with E-state index in [9.17, 15) is 9.50 Å². The Balaban J connectivity index is 2.17.